The molecule has 20 heavy (non-hydrogen) atoms. The molecule has 0 heterocycles. The molecule has 1 nitrogen and oxygen atoms in total. The van der Waals surface area contributed by atoms with Crippen molar-refractivity contribution < 1.29 is 0 Å². The third kappa shape index (κ3) is 2.85. The molecule has 3 atom stereocenters. The predicted octanol–water partition coefficient (Wildman–Crippen LogP) is 5.28. The Balaban J connectivity index is 1.84. The number of benzene rings is 2. The van der Waals surface area contributed by atoms with E-state index in [2.05, 4.69) is 92.8 Å². The normalized spacial score (nSPS) is 22.6. The van der Waals surface area contributed by atoms with Crippen molar-refractivity contribution in [2.24, 2.45) is 5.92 Å². The van der Waals surface area contributed by atoms with Crippen LogP contribution in [0.15, 0.2) is 57.5 Å². The Bertz CT molecular complexity index is 597. The van der Waals surface area contributed by atoms with Crippen LogP contribution in [0.5, 0.6) is 0 Å². The van der Waals surface area contributed by atoms with Crippen LogP contribution in [0.2, 0.25) is 0 Å². The monoisotopic (exact) mass is 393 g/mol. The Morgan fingerprint density at radius 2 is 1.85 bits per heavy atom. The van der Waals surface area contributed by atoms with E-state index in [0.717, 1.165) is 4.47 Å². The second-order valence-corrected chi connectivity index (χ2v) is 7.12. The summed E-state index contributed by atoms with van der Waals surface area (Å²) >= 11 is 7.26. The van der Waals surface area contributed by atoms with Crippen molar-refractivity contribution in [3.8, 4) is 0 Å². The summed E-state index contributed by atoms with van der Waals surface area (Å²) in [5.41, 5.74) is 2.80. The van der Waals surface area contributed by atoms with Gasteiger partial charge in [-0.15, -0.1) is 0 Å². The summed E-state index contributed by atoms with van der Waals surface area (Å²) in [6.07, 6.45) is 1.26. The van der Waals surface area contributed by atoms with Crippen LogP contribution in [0, 0.1) is 5.92 Å². The molecule has 0 amide bonds. The molecule has 1 saturated carbocycles. The van der Waals surface area contributed by atoms with Gasteiger partial charge in [0.1, 0.15) is 0 Å². The Hall–Kier alpha value is -0.640. The van der Waals surface area contributed by atoms with Gasteiger partial charge in [-0.25, -0.2) is 0 Å². The molecule has 3 rings (SSSR count). The fourth-order valence-corrected chi connectivity index (χ4v) is 3.89. The SMILES string of the molecule is CNC(c1cc(Br)ccc1Br)C1CC1c1ccccc1. The summed E-state index contributed by atoms with van der Waals surface area (Å²) in [6.45, 7) is 0. The van der Waals surface area contributed by atoms with Crippen LogP contribution >= 0.6 is 31.9 Å². The third-order valence-electron chi connectivity index (χ3n) is 4.10. The molecule has 0 radical (unpaired) electrons. The van der Waals surface area contributed by atoms with Crippen molar-refractivity contribution in [1.29, 1.82) is 0 Å². The summed E-state index contributed by atoms with van der Waals surface area (Å²) in [7, 11) is 2.05. The molecule has 1 N–H and O–H groups in total. The van der Waals surface area contributed by atoms with Gasteiger partial charge in [0.15, 0.2) is 0 Å². The summed E-state index contributed by atoms with van der Waals surface area (Å²) in [5.74, 6) is 1.35. The van der Waals surface area contributed by atoms with E-state index in [4.69, 9.17) is 0 Å². The maximum absolute atomic E-state index is 3.68. The molecular weight excluding hydrogens is 378 g/mol. The lowest BCUT2D eigenvalue weighted by atomic mass is 9.99. The van der Waals surface area contributed by atoms with E-state index in [-0.39, 0.29) is 0 Å². The van der Waals surface area contributed by atoms with Gasteiger partial charge in [0.05, 0.1) is 0 Å². The molecule has 0 bridgehead atoms. The zero-order valence-corrected chi connectivity index (χ0v) is 14.5. The fraction of sp³-hybridized carbons (Fsp3) is 0.294. The van der Waals surface area contributed by atoms with Gasteiger partial charge in [-0.3, -0.25) is 0 Å². The van der Waals surface area contributed by atoms with E-state index < -0.39 is 0 Å². The topological polar surface area (TPSA) is 12.0 Å². The molecule has 3 unspecified atom stereocenters. The minimum atomic E-state index is 0.395. The van der Waals surface area contributed by atoms with Crippen LogP contribution in [0.1, 0.15) is 29.5 Å². The summed E-state index contributed by atoms with van der Waals surface area (Å²) in [4.78, 5) is 0. The molecule has 0 aromatic heterocycles. The van der Waals surface area contributed by atoms with Crippen molar-refractivity contribution >= 4 is 31.9 Å². The first-order chi connectivity index (χ1) is 9.70. The molecule has 3 heteroatoms. The highest BCUT2D eigenvalue weighted by Gasteiger charge is 2.44. The molecule has 2 aromatic rings. The van der Waals surface area contributed by atoms with Crippen LogP contribution < -0.4 is 5.32 Å². The molecule has 104 valence electrons. The second kappa shape index (κ2) is 6.00. The molecular formula is C17H17Br2N. The fourth-order valence-electron chi connectivity index (χ4n) is 3.02. The zero-order chi connectivity index (χ0) is 14.1. The van der Waals surface area contributed by atoms with E-state index in [1.165, 1.54) is 22.0 Å². The Labute approximate surface area is 137 Å². The lowest BCUT2D eigenvalue weighted by molar-refractivity contribution is 0.516. The van der Waals surface area contributed by atoms with Gasteiger partial charge in [0, 0.05) is 15.0 Å². The lowest BCUT2D eigenvalue weighted by Crippen LogP contribution is -2.19. The lowest BCUT2D eigenvalue weighted by Gasteiger charge is -2.19. The predicted molar refractivity (Wildman–Crippen MR) is 90.9 cm³/mol. The second-order valence-electron chi connectivity index (χ2n) is 5.35. The first-order valence-corrected chi connectivity index (χ1v) is 8.46. The average Bonchev–Trinajstić information content (AvgIpc) is 3.25. The van der Waals surface area contributed by atoms with Crippen LogP contribution in [0.3, 0.4) is 0 Å². The summed E-state index contributed by atoms with van der Waals surface area (Å²) < 4.78 is 2.31. The number of rotatable bonds is 4. The molecule has 2 aromatic carbocycles. The maximum Gasteiger partial charge on any atom is 0.0363 e. The summed E-state index contributed by atoms with van der Waals surface area (Å²) in [6, 6.07) is 17.6. The molecule has 1 fully saturated rings. The van der Waals surface area contributed by atoms with E-state index >= 15 is 0 Å². The van der Waals surface area contributed by atoms with Crippen molar-refractivity contribution in [2.45, 2.75) is 18.4 Å². The third-order valence-corrected chi connectivity index (χ3v) is 5.32. The number of hydrogen-bond acceptors (Lipinski definition) is 1. The van der Waals surface area contributed by atoms with Crippen molar-refractivity contribution in [2.75, 3.05) is 7.05 Å². The molecule has 1 aliphatic carbocycles. The standard InChI is InChI=1S/C17H17Br2N/c1-20-17(15-9-12(18)7-8-16(15)19)14-10-13(14)11-5-3-2-4-6-11/h2-9,13-14,17,20H,10H2,1H3. The number of hydrogen-bond donors (Lipinski definition) is 1. The average molecular weight is 395 g/mol. The van der Waals surface area contributed by atoms with Gasteiger partial charge in [-0.2, -0.15) is 0 Å². The molecule has 1 aliphatic rings. The number of nitrogens with one attached hydrogen (secondary N) is 1. The maximum atomic E-state index is 3.68. The van der Waals surface area contributed by atoms with E-state index in [1.54, 1.807) is 0 Å². The van der Waals surface area contributed by atoms with Crippen molar-refractivity contribution in [3.05, 3.63) is 68.6 Å². The highest BCUT2D eigenvalue weighted by molar-refractivity contribution is 9.11. The zero-order valence-electron chi connectivity index (χ0n) is 11.3. The van der Waals surface area contributed by atoms with Gasteiger partial charge in [-0.1, -0.05) is 62.2 Å². The largest absolute Gasteiger partial charge is 0.313 e. The van der Waals surface area contributed by atoms with Gasteiger partial charge in [-0.05, 0) is 54.6 Å². The Morgan fingerprint density at radius 1 is 1.10 bits per heavy atom. The van der Waals surface area contributed by atoms with E-state index in [1.807, 2.05) is 0 Å². The molecule has 0 spiro atoms. The minimum absolute atomic E-state index is 0.395. The van der Waals surface area contributed by atoms with Gasteiger partial charge < -0.3 is 5.32 Å². The Morgan fingerprint density at radius 3 is 2.55 bits per heavy atom. The quantitative estimate of drug-likeness (QED) is 0.744. The first kappa shape index (κ1) is 14.3. The molecule has 0 aliphatic heterocycles. The highest BCUT2D eigenvalue weighted by Crippen LogP contribution is 2.54. The van der Waals surface area contributed by atoms with Crippen LogP contribution in [0.4, 0.5) is 0 Å². The van der Waals surface area contributed by atoms with Crippen molar-refractivity contribution in [1.82, 2.24) is 5.32 Å². The summed E-state index contributed by atoms with van der Waals surface area (Å²) in [5, 5.41) is 3.50. The van der Waals surface area contributed by atoms with E-state index in [9.17, 15) is 0 Å². The van der Waals surface area contributed by atoms with Crippen LogP contribution in [-0.4, -0.2) is 7.05 Å². The van der Waals surface area contributed by atoms with Gasteiger partial charge >= 0.3 is 0 Å². The minimum Gasteiger partial charge on any atom is -0.313 e. The van der Waals surface area contributed by atoms with Crippen molar-refractivity contribution in [3.63, 3.8) is 0 Å². The molecule has 0 saturated heterocycles. The Kier molecular flexibility index (Phi) is 4.29. The van der Waals surface area contributed by atoms with Gasteiger partial charge in [0.2, 0.25) is 0 Å². The van der Waals surface area contributed by atoms with Crippen LogP contribution in [-0.2, 0) is 0 Å². The highest BCUT2D eigenvalue weighted by atomic mass is 79.9. The smallest absolute Gasteiger partial charge is 0.0363 e. The number of halogens is 2. The van der Waals surface area contributed by atoms with Crippen LogP contribution in [0.25, 0.3) is 0 Å². The van der Waals surface area contributed by atoms with Gasteiger partial charge in [0.25, 0.3) is 0 Å². The van der Waals surface area contributed by atoms with E-state index in [0.29, 0.717) is 17.9 Å². The first-order valence-electron chi connectivity index (χ1n) is 6.88.